The van der Waals surface area contributed by atoms with Gasteiger partial charge in [0, 0.05) is 30.8 Å². The van der Waals surface area contributed by atoms with Crippen LogP contribution < -0.4 is 11.1 Å². The predicted molar refractivity (Wildman–Crippen MR) is 83.0 cm³/mol. The molecule has 1 aromatic rings. The Hall–Kier alpha value is -1.88. The molecule has 0 aromatic heterocycles. The summed E-state index contributed by atoms with van der Waals surface area (Å²) in [6, 6.07) is 7.08. The molecule has 1 aliphatic rings. The van der Waals surface area contributed by atoms with Crippen LogP contribution >= 0.6 is 0 Å². The smallest absolute Gasteiger partial charge is 0.253 e. The summed E-state index contributed by atoms with van der Waals surface area (Å²) >= 11 is 0. The molecule has 2 amide bonds. The van der Waals surface area contributed by atoms with Crippen LogP contribution in [-0.4, -0.2) is 36.3 Å². The molecule has 0 spiro atoms. The highest BCUT2D eigenvalue weighted by atomic mass is 16.2. The monoisotopic (exact) mass is 289 g/mol. The first-order valence-corrected chi connectivity index (χ1v) is 7.49. The second-order valence-electron chi connectivity index (χ2n) is 5.67. The summed E-state index contributed by atoms with van der Waals surface area (Å²) in [5.41, 5.74) is 6.89. The molecule has 1 unspecified atom stereocenters. The largest absolute Gasteiger partial charge is 0.339 e. The zero-order valence-electron chi connectivity index (χ0n) is 12.5. The van der Waals surface area contributed by atoms with E-state index in [0.29, 0.717) is 24.2 Å². The first-order valence-electron chi connectivity index (χ1n) is 7.49. The number of hydrogen-bond acceptors (Lipinski definition) is 3. The standard InChI is InChI=1S/C16H23N3O2/c1-12(11-17)10-15(20)18-14-6-4-13(5-7-14)16(21)19-8-2-3-9-19/h4-7,12H,2-3,8-11,17H2,1H3,(H,18,20). The number of likely N-dealkylation sites (tertiary alicyclic amines) is 1. The summed E-state index contributed by atoms with van der Waals surface area (Å²) in [5.74, 6) is 0.190. The number of nitrogens with two attached hydrogens (primary N) is 1. The van der Waals surface area contributed by atoms with Crippen molar-refractivity contribution in [3.05, 3.63) is 29.8 Å². The minimum Gasteiger partial charge on any atom is -0.339 e. The zero-order valence-corrected chi connectivity index (χ0v) is 12.5. The van der Waals surface area contributed by atoms with Crippen molar-refractivity contribution in [3.63, 3.8) is 0 Å². The highest BCUT2D eigenvalue weighted by Gasteiger charge is 2.19. The number of nitrogens with one attached hydrogen (secondary N) is 1. The van der Waals surface area contributed by atoms with E-state index in [1.54, 1.807) is 24.3 Å². The third kappa shape index (κ3) is 4.29. The minimum absolute atomic E-state index is 0.0495. The first kappa shape index (κ1) is 15.5. The van der Waals surface area contributed by atoms with Crippen LogP contribution in [0.3, 0.4) is 0 Å². The number of amides is 2. The molecule has 1 saturated heterocycles. The van der Waals surface area contributed by atoms with Crippen LogP contribution in [0.25, 0.3) is 0 Å². The van der Waals surface area contributed by atoms with Crippen LogP contribution in [0.2, 0.25) is 0 Å². The molecule has 2 rings (SSSR count). The Kier molecular flexibility index (Phi) is 5.33. The lowest BCUT2D eigenvalue weighted by Gasteiger charge is -2.15. The Balaban J connectivity index is 1.92. The van der Waals surface area contributed by atoms with Gasteiger partial charge >= 0.3 is 0 Å². The van der Waals surface area contributed by atoms with Crippen LogP contribution in [-0.2, 0) is 4.79 Å². The SMILES string of the molecule is CC(CN)CC(=O)Nc1ccc(C(=O)N2CCCC2)cc1. The van der Waals surface area contributed by atoms with Crippen LogP contribution in [0.4, 0.5) is 5.69 Å². The fourth-order valence-corrected chi connectivity index (χ4v) is 2.41. The van der Waals surface area contributed by atoms with Crippen molar-refractivity contribution < 1.29 is 9.59 Å². The molecule has 0 radical (unpaired) electrons. The molecule has 114 valence electrons. The third-order valence-electron chi connectivity index (χ3n) is 3.75. The van der Waals surface area contributed by atoms with Gasteiger partial charge in [0.05, 0.1) is 0 Å². The van der Waals surface area contributed by atoms with Crippen molar-refractivity contribution in [1.29, 1.82) is 0 Å². The summed E-state index contributed by atoms with van der Waals surface area (Å²) in [5, 5.41) is 2.82. The number of carbonyl (C=O) groups is 2. The highest BCUT2D eigenvalue weighted by Crippen LogP contribution is 2.16. The van der Waals surface area contributed by atoms with Crippen molar-refractivity contribution in [2.45, 2.75) is 26.2 Å². The van der Waals surface area contributed by atoms with E-state index < -0.39 is 0 Å². The van der Waals surface area contributed by atoms with E-state index in [1.165, 1.54) is 0 Å². The van der Waals surface area contributed by atoms with Crippen LogP contribution in [0.1, 0.15) is 36.5 Å². The van der Waals surface area contributed by atoms with E-state index in [0.717, 1.165) is 25.9 Å². The summed E-state index contributed by atoms with van der Waals surface area (Å²) < 4.78 is 0. The minimum atomic E-state index is -0.0495. The molecule has 5 nitrogen and oxygen atoms in total. The number of benzene rings is 1. The molecule has 3 N–H and O–H groups in total. The highest BCUT2D eigenvalue weighted by molar-refractivity contribution is 5.96. The fourth-order valence-electron chi connectivity index (χ4n) is 2.41. The number of hydrogen-bond donors (Lipinski definition) is 2. The van der Waals surface area contributed by atoms with Crippen molar-refractivity contribution in [1.82, 2.24) is 4.90 Å². The quantitative estimate of drug-likeness (QED) is 0.868. The third-order valence-corrected chi connectivity index (χ3v) is 3.75. The lowest BCUT2D eigenvalue weighted by molar-refractivity contribution is -0.116. The predicted octanol–water partition coefficient (Wildman–Crippen LogP) is 1.85. The molecule has 0 aliphatic carbocycles. The van der Waals surface area contributed by atoms with Gasteiger partial charge in [-0.2, -0.15) is 0 Å². The molecule has 0 bridgehead atoms. The Morgan fingerprint density at radius 3 is 2.43 bits per heavy atom. The van der Waals surface area contributed by atoms with Gasteiger partial charge in [-0.1, -0.05) is 6.92 Å². The normalized spacial score (nSPS) is 15.8. The van der Waals surface area contributed by atoms with E-state index in [9.17, 15) is 9.59 Å². The van der Waals surface area contributed by atoms with Gasteiger partial charge in [0.25, 0.3) is 5.91 Å². The van der Waals surface area contributed by atoms with Crippen LogP contribution in [0, 0.1) is 5.92 Å². The molecule has 1 fully saturated rings. The van der Waals surface area contributed by atoms with E-state index >= 15 is 0 Å². The van der Waals surface area contributed by atoms with Gasteiger partial charge in [0.1, 0.15) is 0 Å². The van der Waals surface area contributed by atoms with Gasteiger partial charge in [-0.3, -0.25) is 9.59 Å². The number of anilines is 1. The van der Waals surface area contributed by atoms with Gasteiger partial charge in [0.15, 0.2) is 0 Å². The molecular weight excluding hydrogens is 266 g/mol. The Morgan fingerprint density at radius 1 is 1.24 bits per heavy atom. The van der Waals surface area contributed by atoms with E-state index in [4.69, 9.17) is 5.73 Å². The topological polar surface area (TPSA) is 75.4 Å². The van der Waals surface area contributed by atoms with Crippen molar-refractivity contribution >= 4 is 17.5 Å². The molecular formula is C16H23N3O2. The first-order chi connectivity index (χ1) is 10.1. The maximum atomic E-state index is 12.2. The zero-order chi connectivity index (χ0) is 15.2. The second kappa shape index (κ2) is 7.22. The van der Waals surface area contributed by atoms with Crippen LogP contribution in [0.5, 0.6) is 0 Å². The van der Waals surface area contributed by atoms with E-state index in [2.05, 4.69) is 5.32 Å². The van der Waals surface area contributed by atoms with E-state index in [1.807, 2.05) is 11.8 Å². The molecule has 1 atom stereocenters. The summed E-state index contributed by atoms with van der Waals surface area (Å²) in [7, 11) is 0. The maximum absolute atomic E-state index is 12.2. The number of carbonyl (C=O) groups excluding carboxylic acids is 2. The Morgan fingerprint density at radius 2 is 1.86 bits per heavy atom. The second-order valence-corrected chi connectivity index (χ2v) is 5.67. The molecule has 1 aromatic carbocycles. The van der Waals surface area contributed by atoms with E-state index in [-0.39, 0.29) is 17.7 Å². The van der Waals surface area contributed by atoms with Crippen LogP contribution in [0.15, 0.2) is 24.3 Å². The summed E-state index contributed by atoms with van der Waals surface area (Å²) in [6.07, 6.45) is 2.57. The van der Waals surface area contributed by atoms with Gasteiger partial charge in [-0.05, 0) is 49.6 Å². The van der Waals surface area contributed by atoms with Crippen molar-refractivity contribution in [2.24, 2.45) is 11.7 Å². The van der Waals surface area contributed by atoms with Crippen molar-refractivity contribution in [3.8, 4) is 0 Å². The number of nitrogens with zero attached hydrogens (tertiary/aromatic N) is 1. The molecule has 21 heavy (non-hydrogen) atoms. The molecule has 0 saturated carbocycles. The molecule has 1 aliphatic heterocycles. The van der Waals surface area contributed by atoms with Gasteiger partial charge in [-0.25, -0.2) is 0 Å². The lowest BCUT2D eigenvalue weighted by atomic mass is 10.1. The average Bonchev–Trinajstić information content (AvgIpc) is 3.01. The van der Waals surface area contributed by atoms with Gasteiger partial charge in [-0.15, -0.1) is 0 Å². The van der Waals surface area contributed by atoms with Gasteiger partial charge in [0.2, 0.25) is 5.91 Å². The Bertz CT molecular complexity index is 493. The number of rotatable bonds is 5. The van der Waals surface area contributed by atoms with Gasteiger partial charge < -0.3 is 16.0 Å². The average molecular weight is 289 g/mol. The molecule has 5 heteroatoms. The lowest BCUT2D eigenvalue weighted by Crippen LogP contribution is -2.27. The maximum Gasteiger partial charge on any atom is 0.253 e. The summed E-state index contributed by atoms with van der Waals surface area (Å²) in [4.78, 5) is 25.8. The fraction of sp³-hybridized carbons (Fsp3) is 0.500. The Labute approximate surface area is 125 Å². The summed E-state index contributed by atoms with van der Waals surface area (Å²) in [6.45, 7) is 4.12. The van der Waals surface area contributed by atoms with Crippen molar-refractivity contribution in [2.75, 3.05) is 25.0 Å². The molecule has 1 heterocycles.